The summed E-state index contributed by atoms with van der Waals surface area (Å²) in [6.07, 6.45) is -2.14. The van der Waals surface area contributed by atoms with E-state index in [0.717, 1.165) is 30.5 Å². The van der Waals surface area contributed by atoms with Crippen molar-refractivity contribution >= 4 is 23.2 Å². The second kappa shape index (κ2) is 6.78. The van der Waals surface area contributed by atoms with Crippen LogP contribution in [0.2, 0.25) is 0 Å². The molecule has 0 bridgehead atoms. The Balaban J connectivity index is 1.72. The Hall–Kier alpha value is -2.90. The van der Waals surface area contributed by atoms with Crippen LogP contribution in [0.4, 0.5) is 24.5 Å². The number of hydrogen-bond donors (Lipinski definition) is 2. The van der Waals surface area contributed by atoms with Gasteiger partial charge in [-0.05, 0) is 49.6 Å². The molecule has 1 heterocycles. The van der Waals surface area contributed by atoms with Gasteiger partial charge >= 0.3 is 6.18 Å². The zero-order chi connectivity index (χ0) is 18.9. The van der Waals surface area contributed by atoms with Gasteiger partial charge in [-0.1, -0.05) is 6.07 Å². The predicted octanol–water partition coefficient (Wildman–Crippen LogP) is 4.01. The molecule has 0 unspecified atom stereocenters. The Kier molecular flexibility index (Phi) is 4.67. The Bertz CT molecular complexity index is 844. The molecule has 3 rings (SSSR count). The molecule has 26 heavy (non-hydrogen) atoms. The summed E-state index contributed by atoms with van der Waals surface area (Å²) in [6, 6.07) is 6.89. The number of carbonyl (C=O) groups excluding carboxylic acids is 2. The van der Waals surface area contributed by atoms with Crippen LogP contribution in [0.5, 0.6) is 0 Å². The summed E-state index contributed by atoms with van der Waals surface area (Å²) in [5.74, 6) is -0.645. The highest BCUT2D eigenvalue weighted by atomic mass is 19.4. The van der Waals surface area contributed by atoms with Crippen molar-refractivity contribution < 1.29 is 22.8 Å². The molecule has 2 aromatic rings. The maximum atomic E-state index is 12.6. The monoisotopic (exact) mass is 363 g/mol. The molecule has 1 fully saturated rings. The first kappa shape index (κ1) is 17.9. The largest absolute Gasteiger partial charge is 0.417 e. The summed E-state index contributed by atoms with van der Waals surface area (Å²) in [4.78, 5) is 27.6. The van der Waals surface area contributed by atoms with Crippen LogP contribution in [0.3, 0.4) is 0 Å². The minimum absolute atomic E-state index is 0.0469. The summed E-state index contributed by atoms with van der Waals surface area (Å²) in [5.41, 5.74) is 0.683. The van der Waals surface area contributed by atoms with E-state index in [9.17, 15) is 22.8 Å². The maximum Gasteiger partial charge on any atom is 0.417 e. The maximum absolute atomic E-state index is 12.6. The van der Waals surface area contributed by atoms with Crippen molar-refractivity contribution in [2.45, 2.75) is 25.9 Å². The summed E-state index contributed by atoms with van der Waals surface area (Å²) < 4.78 is 37.7. The number of nitrogens with zero attached hydrogens (tertiary/aromatic N) is 1. The van der Waals surface area contributed by atoms with Gasteiger partial charge in [0.15, 0.2) is 0 Å². The van der Waals surface area contributed by atoms with Crippen LogP contribution in [0.25, 0.3) is 0 Å². The van der Waals surface area contributed by atoms with Gasteiger partial charge < -0.3 is 10.6 Å². The Labute approximate surface area is 147 Å². The van der Waals surface area contributed by atoms with Crippen molar-refractivity contribution in [1.29, 1.82) is 0 Å². The van der Waals surface area contributed by atoms with Gasteiger partial charge in [0.25, 0.3) is 5.91 Å². The molecule has 0 aliphatic heterocycles. The number of anilines is 2. The van der Waals surface area contributed by atoms with Crippen LogP contribution in [0, 0.1) is 12.8 Å². The first-order valence-corrected chi connectivity index (χ1v) is 8.00. The molecule has 1 aliphatic rings. The average molecular weight is 363 g/mol. The number of benzene rings is 1. The summed E-state index contributed by atoms with van der Waals surface area (Å²) in [7, 11) is 0. The fourth-order valence-corrected chi connectivity index (χ4v) is 2.31. The lowest BCUT2D eigenvalue weighted by Gasteiger charge is -2.12. The van der Waals surface area contributed by atoms with Gasteiger partial charge in [0.1, 0.15) is 5.69 Å². The molecule has 0 atom stereocenters. The van der Waals surface area contributed by atoms with E-state index in [4.69, 9.17) is 0 Å². The number of rotatable bonds is 4. The average Bonchev–Trinajstić information content (AvgIpc) is 3.42. The Morgan fingerprint density at radius 2 is 1.85 bits per heavy atom. The molecule has 8 heteroatoms. The molecule has 5 nitrogen and oxygen atoms in total. The number of nitrogens with one attached hydrogen (secondary N) is 2. The van der Waals surface area contributed by atoms with Crippen LogP contribution < -0.4 is 10.6 Å². The van der Waals surface area contributed by atoms with Crippen molar-refractivity contribution in [2.24, 2.45) is 5.92 Å². The first-order valence-electron chi connectivity index (χ1n) is 8.00. The van der Waals surface area contributed by atoms with Gasteiger partial charge in [0.2, 0.25) is 5.91 Å². The SMILES string of the molecule is Cc1ccc(NC(=O)C2CC2)cc1NC(=O)c1ccc(C(F)(F)F)cn1. The fraction of sp³-hybridized carbons (Fsp3) is 0.278. The van der Waals surface area contributed by atoms with Crippen molar-refractivity contribution in [2.75, 3.05) is 10.6 Å². The number of alkyl halides is 3. The van der Waals surface area contributed by atoms with E-state index < -0.39 is 17.6 Å². The number of halogens is 3. The minimum Gasteiger partial charge on any atom is -0.326 e. The third kappa shape index (κ3) is 4.19. The molecule has 0 radical (unpaired) electrons. The standard InChI is InChI=1S/C18H16F3N3O2/c1-10-2-6-13(23-16(25)11-3-4-11)8-15(10)24-17(26)14-7-5-12(9-22-14)18(19,20)21/h2,5-9,11H,3-4H2,1H3,(H,23,25)(H,24,26). The van der Waals surface area contributed by atoms with E-state index in [0.29, 0.717) is 17.6 Å². The lowest BCUT2D eigenvalue weighted by Crippen LogP contribution is -2.17. The van der Waals surface area contributed by atoms with Gasteiger partial charge in [0.05, 0.1) is 5.56 Å². The van der Waals surface area contributed by atoms with E-state index in [-0.39, 0.29) is 17.5 Å². The number of aryl methyl sites for hydroxylation is 1. The Morgan fingerprint density at radius 1 is 1.12 bits per heavy atom. The number of pyridine rings is 1. The molecule has 1 saturated carbocycles. The molecular formula is C18H16F3N3O2. The van der Waals surface area contributed by atoms with Gasteiger partial charge in [-0.25, -0.2) is 0 Å². The molecule has 2 amide bonds. The van der Waals surface area contributed by atoms with E-state index >= 15 is 0 Å². The van der Waals surface area contributed by atoms with Crippen molar-refractivity contribution in [3.05, 3.63) is 53.3 Å². The molecular weight excluding hydrogens is 347 g/mol. The van der Waals surface area contributed by atoms with Crippen LogP contribution >= 0.6 is 0 Å². The molecule has 0 saturated heterocycles. The topological polar surface area (TPSA) is 71.1 Å². The van der Waals surface area contributed by atoms with E-state index in [1.54, 1.807) is 25.1 Å². The Morgan fingerprint density at radius 3 is 2.42 bits per heavy atom. The van der Waals surface area contributed by atoms with Gasteiger partial charge in [-0.2, -0.15) is 13.2 Å². The van der Waals surface area contributed by atoms with Crippen molar-refractivity contribution in [3.8, 4) is 0 Å². The minimum atomic E-state index is -4.51. The number of carbonyl (C=O) groups is 2. The number of hydrogen-bond acceptors (Lipinski definition) is 3. The summed E-state index contributed by atoms with van der Waals surface area (Å²) >= 11 is 0. The van der Waals surface area contributed by atoms with Gasteiger partial charge in [0, 0.05) is 23.5 Å². The van der Waals surface area contributed by atoms with Crippen molar-refractivity contribution in [3.63, 3.8) is 0 Å². The highest BCUT2D eigenvalue weighted by Crippen LogP contribution is 2.31. The molecule has 136 valence electrons. The normalized spacial score (nSPS) is 14.0. The second-order valence-corrected chi connectivity index (χ2v) is 6.18. The van der Waals surface area contributed by atoms with Gasteiger partial charge in [-0.15, -0.1) is 0 Å². The zero-order valence-corrected chi connectivity index (χ0v) is 13.9. The zero-order valence-electron chi connectivity index (χ0n) is 13.9. The van der Waals surface area contributed by atoms with Crippen LogP contribution in [0.15, 0.2) is 36.5 Å². The third-order valence-electron chi connectivity index (χ3n) is 4.02. The second-order valence-electron chi connectivity index (χ2n) is 6.18. The number of amides is 2. The smallest absolute Gasteiger partial charge is 0.326 e. The molecule has 1 aromatic carbocycles. The lowest BCUT2D eigenvalue weighted by molar-refractivity contribution is -0.137. The summed E-state index contributed by atoms with van der Waals surface area (Å²) in [5, 5.41) is 5.39. The van der Waals surface area contributed by atoms with E-state index in [1.165, 1.54) is 0 Å². The quantitative estimate of drug-likeness (QED) is 0.862. The number of aromatic nitrogens is 1. The molecule has 0 spiro atoms. The van der Waals surface area contributed by atoms with E-state index in [1.807, 2.05) is 0 Å². The van der Waals surface area contributed by atoms with Crippen LogP contribution in [0.1, 0.15) is 34.5 Å². The van der Waals surface area contributed by atoms with Crippen molar-refractivity contribution in [1.82, 2.24) is 4.98 Å². The highest BCUT2D eigenvalue weighted by Gasteiger charge is 2.31. The highest BCUT2D eigenvalue weighted by molar-refractivity contribution is 6.04. The lowest BCUT2D eigenvalue weighted by atomic mass is 10.1. The van der Waals surface area contributed by atoms with Crippen LogP contribution in [-0.2, 0) is 11.0 Å². The summed E-state index contributed by atoms with van der Waals surface area (Å²) in [6.45, 7) is 1.77. The third-order valence-corrected chi connectivity index (χ3v) is 4.02. The van der Waals surface area contributed by atoms with Crippen LogP contribution in [-0.4, -0.2) is 16.8 Å². The fourth-order valence-electron chi connectivity index (χ4n) is 2.31. The first-order chi connectivity index (χ1) is 12.2. The van der Waals surface area contributed by atoms with E-state index in [2.05, 4.69) is 15.6 Å². The molecule has 1 aromatic heterocycles. The predicted molar refractivity (Wildman–Crippen MR) is 89.7 cm³/mol. The van der Waals surface area contributed by atoms with Gasteiger partial charge in [-0.3, -0.25) is 14.6 Å². The molecule has 2 N–H and O–H groups in total. The molecule has 1 aliphatic carbocycles.